The number of rotatable bonds is 9. The molecule has 2 aromatic heterocycles. The molecule has 4 rings (SSSR count). The second-order valence-electron chi connectivity index (χ2n) is 8.48. The average Bonchev–Trinajstić information content (AvgIpc) is 3.31. The minimum absolute atomic E-state index is 0.0738. The molecular formula is C28H28N2O4S. The van der Waals surface area contributed by atoms with Crippen molar-refractivity contribution in [1.29, 1.82) is 0 Å². The van der Waals surface area contributed by atoms with Gasteiger partial charge in [0.2, 0.25) is 0 Å². The summed E-state index contributed by atoms with van der Waals surface area (Å²) in [4.78, 5) is 32.6. The van der Waals surface area contributed by atoms with Crippen molar-refractivity contribution in [3.05, 3.63) is 70.7 Å². The van der Waals surface area contributed by atoms with Crippen LogP contribution < -0.4 is 14.4 Å². The first-order valence-electron chi connectivity index (χ1n) is 11.3. The van der Waals surface area contributed by atoms with Crippen LogP contribution >= 0.6 is 11.3 Å². The number of Topliss-reactive ketones (excluding diaryl/α,β-unsaturated/α-hetero) is 2. The fourth-order valence-electron chi connectivity index (χ4n) is 4.06. The maximum absolute atomic E-state index is 13.1. The number of anilines is 1. The number of ketones is 2. The summed E-state index contributed by atoms with van der Waals surface area (Å²) in [5, 5.41) is 3.22. The Hall–Kier alpha value is -3.71. The molecule has 0 saturated heterocycles. The van der Waals surface area contributed by atoms with Gasteiger partial charge in [0.15, 0.2) is 23.1 Å². The van der Waals surface area contributed by atoms with Gasteiger partial charge in [0.1, 0.15) is 5.69 Å². The van der Waals surface area contributed by atoms with Crippen LogP contribution in [0.4, 0.5) is 5.69 Å². The molecule has 0 amide bonds. The van der Waals surface area contributed by atoms with E-state index in [1.54, 1.807) is 42.7 Å². The number of aromatic nitrogens is 1. The SMILES string of the molecule is COc1ccc(C(=O)CCC(=O)c2ccc(N(C)C)c(-c3csc4c(C)cccc34)n2)cc1OC. The Morgan fingerprint density at radius 3 is 2.40 bits per heavy atom. The Kier molecular flexibility index (Phi) is 7.17. The van der Waals surface area contributed by atoms with Gasteiger partial charge in [-0.15, -0.1) is 11.3 Å². The summed E-state index contributed by atoms with van der Waals surface area (Å²) in [5.74, 6) is 0.729. The fraction of sp³-hybridized carbons (Fsp3) is 0.250. The highest BCUT2D eigenvalue weighted by Crippen LogP contribution is 2.39. The number of methoxy groups -OCH3 is 2. The van der Waals surface area contributed by atoms with Crippen LogP contribution in [0.5, 0.6) is 11.5 Å². The predicted molar refractivity (Wildman–Crippen MR) is 142 cm³/mol. The van der Waals surface area contributed by atoms with Crippen molar-refractivity contribution in [2.45, 2.75) is 19.8 Å². The highest BCUT2D eigenvalue weighted by atomic mass is 32.1. The van der Waals surface area contributed by atoms with Crippen LogP contribution in [0.15, 0.2) is 53.9 Å². The van der Waals surface area contributed by atoms with E-state index in [1.807, 2.05) is 31.1 Å². The zero-order chi connectivity index (χ0) is 25.1. The zero-order valence-electron chi connectivity index (χ0n) is 20.5. The fourth-order valence-corrected chi connectivity index (χ4v) is 5.09. The molecule has 2 heterocycles. The molecule has 0 aliphatic rings. The van der Waals surface area contributed by atoms with Crippen molar-refractivity contribution in [1.82, 2.24) is 4.98 Å². The molecule has 0 spiro atoms. The lowest BCUT2D eigenvalue weighted by Crippen LogP contribution is -2.13. The number of aryl methyl sites for hydroxylation is 1. The minimum atomic E-state index is -0.166. The molecule has 2 aromatic carbocycles. The molecule has 4 aromatic rings. The van der Waals surface area contributed by atoms with Gasteiger partial charge in [-0.25, -0.2) is 4.98 Å². The maximum Gasteiger partial charge on any atom is 0.181 e. The van der Waals surface area contributed by atoms with Gasteiger partial charge < -0.3 is 14.4 Å². The largest absolute Gasteiger partial charge is 0.493 e. The Labute approximate surface area is 209 Å². The van der Waals surface area contributed by atoms with Gasteiger partial charge in [-0.1, -0.05) is 18.2 Å². The first-order chi connectivity index (χ1) is 16.8. The molecule has 0 saturated carbocycles. The van der Waals surface area contributed by atoms with Crippen molar-refractivity contribution in [3.8, 4) is 22.8 Å². The molecule has 6 nitrogen and oxygen atoms in total. The summed E-state index contributed by atoms with van der Waals surface area (Å²) in [7, 11) is 6.99. The van der Waals surface area contributed by atoms with Crippen molar-refractivity contribution in [2.24, 2.45) is 0 Å². The minimum Gasteiger partial charge on any atom is -0.493 e. The molecule has 0 radical (unpaired) electrons. The van der Waals surface area contributed by atoms with Gasteiger partial charge >= 0.3 is 0 Å². The molecule has 0 aliphatic carbocycles. The van der Waals surface area contributed by atoms with Gasteiger partial charge in [0.25, 0.3) is 0 Å². The van der Waals surface area contributed by atoms with Crippen LogP contribution in [0.25, 0.3) is 21.3 Å². The van der Waals surface area contributed by atoms with E-state index in [0.29, 0.717) is 22.8 Å². The molecule has 0 atom stereocenters. The van der Waals surface area contributed by atoms with E-state index in [4.69, 9.17) is 14.5 Å². The average molecular weight is 489 g/mol. The third-order valence-corrected chi connectivity index (χ3v) is 7.11. The van der Waals surface area contributed by atoms with Crippen molar-refractivity contribution in [3.63, 3.8) is 0 Å². The van der Waals surface area contributed by atoms with Crippen molar-refractivity contribution < 1.29 is 19.1 Å². The third-order valence-electron chi connectivity index (χ3n) is 5.98. The van der Waals surface area contributed by atoms with Crippen LogP contribution in [0.1, 0.15) is 39.3 Å². The van der Waals surface area contributed by atoms with Crippen molar-refractivity contribution in [2.75, 3.05) is 33.2 Å². The molecule has 0 fully saturated rings. The highest BCUT2D eigenvalue weighted by Gasteiger charge is 2.19. The highest BCUT2D eigenvalue weighted by molar-refractivity contribution is 7.18. The van der Waals surface area contributed by atoms with E-state index in [2.05, 4.69) is 24.4 Å². The number of carbonyl (C=O) groups excluding carboxylic acids is 2. The van der Waals surface area contributed by atoms with E-state index < -0.39 is 0 Å². The summed E-state index contributed by atoms with van der Waals surface area (Å²) in [6, 6.07) is 14.9. The Morgan fingerprint density at radius 1 is 0.943 bits per heavy atom. The second-order valence-corrected chi connectivity index (χ2v) is 9.36. The van der Waals surface area contributed by atoms with Crippen LogP contribution in [0.3, 0.4) is 0 Å². The van der Waals surface area contributed by atoms with Gasteiger partial charge in [-0.2, -0.15) is 0 Å². The number of carbonyl (C=O) groups is 2. The topological polar surface area (TPSA) is 68.7 Å². The maximum atomic E-state index is 13.1. The van der Waals surface area contributed by atoms with Crippen LogP contribution in [0, 0.1) is 6.92 Å². The lowest BCUT2D eigenvalue weighted by molar-refractivity contribution is 0.0915. The van der Waals surface area contributed by atoms with E-state index in [0.717, 1.165) is 22.3 Å². The molecule has 0 N–H and O–H groups in total. The van der Waals surface area contributed by atoms with Gasteiger partial charge in [0.05, 0.1) is 25.6 Å². The van der Waals surface area contributed by atoms with E-state index in [1.165, 1.54) is 17.4 Å². The Balaban J connectivity index is 1.59. The summed E-state index contributed by atoms with van der Waals surface area (Å²) in [6.07, 6.45) is 0.158. The second kappa shape index (κ2) is 10.3. The number of pyridine rings is 1. The van der Waals surface area contributed by atoms with Gasteiger partial charge in [0, 0.05) is 53.5 Å². The quantitative estimate of drug-likeness (QED) is 0.261. The number of fused-ring (bicyclic) bond motifs is 1. The molecule has 35 heavy (non-hydrogen) atoms. The standard InChI is InChI=1S/C28H28N2O4S/c1-17-7-6-8-19-20(16-35-28(17)19)27-22(30(2)3)11-10-21(29-27)24(32)13-12-23(31)18-9-14-25(33-4)26(15-18)34-5/h6-11,14-16H,12-13H2,1-5H3. The monoisotopic (exact) mass is 488 g/mol. The molecule has 0 aliphatic heterocycles. The zero-order valence-corrected chi connectivity index (χ0v) is 21.4. The molecule has 0 bridgehead atoms. The van der Waals surface area contributed by atoms with Gasteiger partial charge in [-0.05, 0) is 42.8 Å². The summed E-state index contributed by atoms with van der Waals surface area (Å²) < 4.78 is 11.7. The van der Waals surface area contributed by atoms with E-state index in [-0.39, 0.29) is 24.4 Å². The molecule has 0 unspecified atom stereocenters. The number of nitrogens with zero attached hydrogens (tertiary/aromatic N) is 2. The van der Waals surface area contributed by atoms with Crippen LogP contribution in [-0.2, 0) is 0 Å². The normalized spacial score (nSPS) is 10.9. The first kappa shape index (κ1) is 24.4. The van der Waals surface area contributed by atoms with E-state index in [9.17, 15) is 9.59 Å². The van der Waals surface area contributed by atoms with Crippen molar-refractivity contribution >= 4 is 38.7 Å². The van der Waals surface area contributed by atoms with E-state index >= 15 is 0 Å². The molecule has 180 valence electrons. The number of benzene rings is 2. The third kappa shape index (κ3) is 4.91. The number of hydrogen-bond acceptors (Lipinski definition) is 7. The Bertz CT molecular complexity index is 1410. The number of hydrogen-bond donors (Lipinski definition) is 0. The summed E-state index contributed by atoms with van der Waals surface area (Å²) in [5.41, 5.74) is 4.76. The lowest BCUT2D eigenvalue weighted by Gasteiger charge is -2.17. The molecule has 7 heteroatoms. The summed E-state index contributed by atoms with van der Waals surface area (Å²) >= 11 is 1.68. The smallest absolute Gasteiger partial charge is 0.181 e. The lowest BCUT2D eigenvalue weighted by atomic mass is 10.0. The first-order valence-corrected chi connectivity index (χ1v) is 12.2. The van der Waals surface area contributed by atoms with Gasteiger partial charge in [-0.3, -0.25) is 9.59 Å². The predicted octanol–water partition coefficient (Wildman–Crippen LogP) is 6.20. The summed E-state index contributed by atoms with van der Waals surface area (Å²) in [6.45, 7) is 2.10. The Morgan fingerprint density at radius 2 is 1.69 bits per heavy atom. The van der Waals surface area contributed by atoms with Crippen LogP contribution in [-0.4, -0.2) is 44.9 Å². The van der Waals surface area contributed by atoms with Crippen LogP contribution in [0.2, 0.25) is 0 Å². The number of ether oxygens (including phenoxy) is 2. The molecular weight excluding hydrogens is 460 g/mol. The number of thiophene rings is 1.